The molecule has 2 aliphatic rings. The fourth-order valence-electron chi connectivity index (χ4n) is 4.16. The topological polar surface area (TPSA) is 93.2 Å². The van der Waals surface area contributed by atoms with E-state index in [1.807, 2.05) is 23.7 Å². The van der Waals surface area contributed by atoms with Gasteiger partial charge in [0.2, 0.25) is 5.88 Å². The zero-order chi connectivity index (χ0) is 18.0. The van der Waals surface area contributed by atoms with Crippen molar-refractivity contribution in [1.29, 1.82) is 0 Å². The third kappa shape index (κ3) is 2.57. The lowest BCUT2D eigenvalue weighted by Crippen LogP contribution is -2.67. The maximum absolute atomic E-state index is 11.4. The van der Waals surface area contributed by atoms with Crippen molar-refractivity contribution in [2.45, 2.75) is 25.8 Å². The molecule has 1 spiro atoms. The van der Waals surface area contributed by atoms with E-state index in [-0.39, 0.29) is 11.5 Å². The molecule has 1 saturated heterocycles. The Hall–Kier alpha value is -1.84. The van der Waals surface area contributed by atoms with Gasteiger partial charge in [0, 0.05) is 37.7 Å². The molecule has 9 heteroatoms. The fraction of sp³-hybridized carbons (Fsp3) is 0.562. The second kappa shape index (κ2) is 5.33. The molecule has 0 aromatic carbocycles. The molecule has 8 nitrogen and oxygen atoms in total. The molecule has 2 N–H and O–H groups in total. The van der Waals surface area contributed by atoms with Crippen LogP contribution in [-0.2, 0) is 10.2 Å². The lowest BCUT2D eigenvalue weighted by Gasteiger charge is -2.60. The number of anilines is 1. The summed E-state index contributed by atoms with van der Waals surface area (Å²) >= 11 is 0. The smallest absolute Gasteiger partial charge is 0.276 e. The van der Waals surface area contributed by atoms with Crippen molar-refractivity contribution in [1.82, 2.24) is 13.9 Å². The molecule has 0 unspecified atom stereocenters. The minimum absolute atomic E-state index is 0.0170. The van der Waals surface area contributed by atoms with Crippen molar-refractivity contribution in [3.05, 3.63) is 23.9 Å². The van der Waals surface area contributed by atoms with Crippen LogP contribution in [0, 0.1) is 12.3 Å². The maximum Gasteiger partial charge on any atom is 0.276 e. The Bertz CT molecular complexity index is 925. The number of ether oxygens (including phenoxy) is 1. The molecule has 2 aromatic rings. The van der Waals surface area contributed by atoms with Gasteiger partial charge in [-0.25, -0.2) is 5.14 Å². The summed E-state index contributed by atoms with van der Waals surface area (Å²) in [5.74, 6) is 0.718. The molecule has 2 aromatic heterocycles. The van der Waals surface area contributed by atoms with Crippen LogP contribution in [0.3, 0.4) is 0 Å². The SMILES string of the molecule is COc1cc(C)cc2c(N3CC4(CC(N(C)S(N)(=O)=O)C4)C3)cnn12. The average Bonchev–Trinajstić information content (AvgIpc) is 2.86. The Balaban J connectivity index is 1.49. The highest BCUT2D eigenvalue weighted by Gasteiger charge is 2.54. The molecule has 0 bridgehead atoms. The molecule has 25 heavy (non-hydrogen) atoms. The summed E-state index contributed by atoms with van der Waals surface area (Å²) in [5, 5.41) is 9.66. The summed E-state index contributed by atoms with van der Waals surface area (Å²) < 4.78 is 31.4. The van der Waals surface area contributed by atoms with Crippen LogP contribution < -0.4 is 14.8 Å². The van der Waals surface area contributed by atoms with Gasteiger partial charge in [0.05, 0.1) is 24.5 Å². The summed E-state index contributed by atoms with van der Waals surface area (Å²) in [6.45, 7) is 3.87. The highest BCUT2D eigenvalue weighted by atomic mass is 32.2. The summed E-state index contributed by atoms with van der Waals surface area (Å²) in [5.41, 5.74) is 3.45. The van der Waals surface area contributed by atoms with Crippen molar-refractivity contribution in [2.24, 2.45) is 10.6 Å². The van der Waals surface area contributed by atoms with E-state index in [1.54, 1.807) is 14.2 Å². The van der Waals surface area contributed by atoms with Gasteiger partial charge in [-0.2, -0.15) is 22.3 Å². The summed E-state index contributed by atoms with van der Waals surface area (Å²) in [6.07, 6.45) is 3.59. The Labute approximate surface area is 147 Å². The van der Waals surface area contributed by atoms with Crippen molar-refractivity contribution in [3.63, 3.8) is 0 Å². The summed E-state index contributed by atoms with van der Waals surface area (Å²) in [4.78, 5) is 2.30. The van der Waals surface area contributed by atoms with Crippen LogP contribution in [0.25, 0.3) is 5.52 Å². The molecule has 3 heterocycles. The van der Waals surface area contributed by atoms with Gasteiger partial charge in [-0.15, -0.1) is 0 Å². The summed E-state index contributed by atoms with van der Waals surface area (Å²) in [6, 6.07) is 4.08. The summed E-state index contributed by atoms with van der Waals surface area (Å²) in [7, 11) is -0.400. The van der Waals surface area contributed by atoms with Crippen LogP contribution in [0.4, 0.5) is 5.69 Å². The molecule has 136 valence electrons. The standard InChI is InChI=1S/C16H23N5O3S/c1-11-4-13-14(8-18-21(13)15(5-11)24-3)20-9-16(10-20)6-12(7-16)19(2)25(17,22)23/h4-5,8,12H,6-7,9-10H2,1-3H3,(H2,17,22,23). The van der Waals surface area contributed by atoms with Crippen LogP contribution in [0.15, 0.2) is 18.3 Å². The van der Waals surface area contributed by atoms with Crippen LogP contribution in [0.1, 0.15) is 18.4 Å². The van der Waals surface area contributed by atoms with Gasteiger partial charge < -0.3 is 9.64 Å². The molecule has 0 atom stereocenters. The number of hydrogen-bond donors (Lipinski definition) is 1. The van der Waals surface area contributed by atoms with Crippen molar-refractivity contribution < 1.29 is 13.2 Å². The third-order valence-corrected chi connectivity index (χ3v) is 6.67. The zero-order valence-electron chi connectivity index (χ0n) is 14.6. The number of pyridine rings is 1. The molecule has 1 aliphatic carbocycles. The van der Waals surface area contributed by atoms with E-state index in [4.69, 9.17) is 9.88 Å². The molecule has 0 radical (unpaired) electrons. The largest absolute Gasteiger partial charge is 0.481 e. The van der Waals surface area contributed by atoms with E-state index >= 15 is 0 Å². The van der Waals surface area contributed by atoms with Gasteiger partial charge >= 0.3 is 0 Å². The van der Waals surface area contributed by atoms with Crippen LogP contribution >= 0.6 is 0 Å². The first-order chi connectivity index (χ1) is 11.7. The number of methoxy groups -OCH3 is 1. The predicted molar refractivity (Wildman–Crippen MR) is 95.0 cm³/mol. The number of fused-ring (bicyclic) bond motifs is 1. The van der Waals surface area contributed by atoms with Gasteiger partial charge in [0.15, 0.2) is 0 Å². The molecular formula is C16H23N5O3S. The lowest BCUT2D eigenvalue weighted by atomic mass is 9.60. The van der Waals surface area contributed by atoms with Crippen molar-refractivity contribution >= 4 is 21.4 Å². The van der Waals surface area contributed by atoms with Gasteiger partial charge in [0.25, 0.3) is 10.2 Å². The molecular weight excluding hydrogens is 342 g/mol. The normalized spacial score (nSPS) is 20.1. The Kier molecular flexibility index (Phi) is 3.54. The van der Waals surface area contributed by atoms with Gasteiger partial charge in [-0.1, -0.05) is 0 Å². The van der Waals surface area contributed by atoms with E-state index in [0.717, 1.165) is 48.6 Å². The lowest BCUT2D eigenvalue weighted by molar-refractivity contribution is 0.0212. The highest BCUT2D eigenvalue weighted by Crippen LogP contribution is 2.52. The number of aromatic nitrogens is 2. The number of hydrogen-bond acceptors (Lipinski definition) is 5. The first-order valence-electron chi connectivity index (χ1n) is 8.25. The number of aryl methyl sites for hydroxylation is 1. The Morgan fingerprint density at radius 2 is 2.04 bits per heavy atom. The number of rotatable bonds is 4. The Morgan fingerprint density at radius 3 is 2.64 bits per heavy atom. The third-order valence-electron chi connectivity index (χ3n) is 5.57. The monoisotopic (exact) mass is 365 g/mol. The van der Waals surface area contributed by atoms with Crippen molar-refractivity contribution in [2.75, 3.05) is 32.1 Å². The molecule has 1 aliphatic heterocycles. The Morgan fingerprint density at radius 1 is 1.36 bits per heavy atom. The van der Waals surface area contributed by atoms with E-state index in [0.29, 0.717) is 0 Å². The van der Waals surface area contributed by atoms with Gasteiger partial charge in [-0.3, -0.25) is 0 Å². The minimum Gasteiger partial charge on any atom is -0.481 e. The van der Waals surface area contributed by atoms with Gasteiger partial charge in [-0.05, 0) is 31.4 Å². The zero-order valence-corrected chi connectivity index (χ0v) is 15.5. The maximum atomic E-state index is 11.4. The average molecular weight is 365 g/mol. The van der Waals surface area contributed by atoms with Crippen LogP contribution in [-0.4, -0.2) is 55.6 Å². The first-order valence-corrected chi connectivity index (χ1v) is 9.76. The highest BCUT2D eigenvalue weighted by molar-refractivity contribution is 7.86. The van der Waals surface area contributed by atoms with Gasteiger partial charge in [0.1, 0.15) is 0 Å². The molecule has 2 fully saturated rings. The first kappa shape index (κ1) is 16.6. The molecule has 4 rings (SSSR count). The fourth-order valence-corrected chi connectivity index (χ4v) is 4.72. The second-order valence-electron chi connectivity index (χ2n) is 7.38. The van der Waals surface area contributed by atoms with Crippen molar-refractivity contribution in [3.8, 4) is 5.88 Å². The quantitative estimate of drug-likeness (QED) is 0.863. The van der Waals surface area contributed by atoms with E-state index in [1.165, 1.54) is 4.31 Å². The van der Waals surface area contributed by atoms with E-state index in [2.05, 4.69) is 16.1 Å². The second-order valence-corrected chi connectivity index (χ2v) is 8.99. The van der Waals surface area contributed by atoms with E-state index < -0.39 is 10.2 Å². The minimum atomic E-state index is -3.60. The van der Waals surface area contributed by atoms with Crippen LogP contribution in [0.5, 0.6) is 5.88 Å². The number of nitrogens with two attached hydrogens (primary N) is 1. The molecule has 1 saturated carbocycles. The molecule has 0 amide bonds. The number of nitrogens with zero attached hydrogens (tertiary/aromatic N) is 4. The van der Waals surface area contributed by atoms with E-state index in [9.17, 15) is 8.42 Å². The predicted octanol–water partition coefficient (Wildman–Crippen LogP) is 0.755. The van der Waals surface area contributed by atoms with Crippen LogP contribution in [0.2, 0.25) is 0 Å².